The van der Waals surface area contributed by atoms with Crippen LogP contribution in [0.1, 0.15) is 36.8 Å². The SMILES string of the molecule is CCCC(C(=O)NNC(=O)COc1cccc(C(F)(F)F)c1)c1ccccc1. The minimum atomic E-state index is -4.50. The quantitative estimate of drug-likeness (QED) is 0.702. The van der Waals surface area contributed by atoms with Crippen molar-refractivity contribution in [1.82, 2.24) is 10.9 Å². The Kier molecular flexibility index (Phi) is 7.43. The molecule has 28 heavy (non-hydrogen) atoms. The minimum absolute atomic E-state index is 0.0931. The number of benzene rings is 2. The Morgan fingerprint density at radius 2 is 1.75 bits per heavy atom. The highest BCUT2D eigenvalue weighted by Crippen LogP contribution is 2.31. The number of amides is 2. The molecule has 150 valence electrons. The molecule has 2 amide bonds. The molecule has 0 radical (unpaired) electrons. The van der Waals surface area contributed by atoms with Crippen LogP contribution in [0.3, 0.4) is 0 Å². The van der Waals surface area contributed by atoms with Crippen molar-refractivity contribution in [2.75, 3.05) is 6.61 Å². The summed E-state index contributed by atoms with van der Waals surface area (Å²) in [5, 5.41) is 0. The number of nitrogens with one attached hydrogen (secondary N) is 2. The van der Waals surface area contributed by atoms with Crippen LogP contribution >= 0.6 is 0 Å². The van der Waals surface area contributed by atoms with Crippen LogP contribution in [0.5, 0.6) is 5.75 Å². The third-order valence-corrected chi connectivity index (χ3v) is 3.95. The van der Waals surface area contributed by atoms with Gasteiger partial charge in [0.05, 0.1) is 11.5 Å². The van der Waals surface area contributed by atoms with Gasteiger partial charge in [-0.25, -0.2) is 0 Å². The number of carbonyl (C=O) groups excluding carboxylic acids is 2. The fraction of sp³-hybridized carbons (Fsp3) is 0.300. The number of hydrazine groups is 1. The third-order valence-electron chi connectivity index (χ3n) is 3.95. The van der Waals surface area contributed by atoms with E-state index < -0.39 is 30.2 Å². The Bertz CT molecular complexity index is 795. The monoisotopic (exact) mass is 394 g/mol. The second-order valence-electron chi connectivity index (χ2n) is 6.10. The molecule has 0 saturated heterocycles. The smallest absolute Gasteiger partial charge is 0.416 e. The molecule has 1 atom stereocenters. The molecule has 0 aliphatic rings. The molecule has 0 aromatic heterocycles. The van der Waals surface area contributed by atoms with E-state index in [1.165, 1.54) is 12.1 Å². The zero-order valence-electron chi connectivity index (χ0n) is 15.3. The summed E-state index contributed by atoms with van der Waals surface area (Å²) in [5.41, 5.74) is 4.52. The van der Waals surface area contributed by atoms with E-state index in [1.807, 2.05) is 37.3 Å². The Labute approximate surface area is 160 Å². The van der Waals surface area contributed by atoms with Crippen LogP contribution in [0.2, 0.25) is 0 Å². The Morgan fingerprint density at radius 1 is 1.04 bits per heavy atom. The first-order chi connectivity index (χ1) is 13.3. The van der Waals surface area contributed by atoms with E-state index in [-0.39, 0.29) is 11.7 Å². The summed E-state index contributed by atoms with van der Waals surface area (Å²) in [7, 11) is 0. The number of ether oxygens (including phenoxy) is 1. The number of alkyl halides is 3. The Morgan fingerprint density at radius 3 is 2.39 bits per heavy atom. The van der Waals surface area contributed by atoms with Gasteiger partial charge >= 0.3 is 6.18 Å². The van der Waals surface area contributed by atoms with E-state index in [4.69, 9.17) is 4.74 Å². The van der Waals surface area contributed by atoms with Crippen molar-refractivity contribution in [3.05, 3.63) is 65.7 Å². The van der Waals surface area contributed by atoms with Crippen LogP contribution in [-0.2, 0) is 15.8 Å². The van der Waals surface area contributed by atoms with Gasteiger partial charge < -0.3 is 4.74 Å². The van der Waals surface area contributed by atoms with Crippen molar-refractivity contribution < 1.29 is 27.5 Å². The van der Waals surface area contributed by atoms with E-state index in [1.54, 1.807) is 0 Å². The number of carbonyl (C=O) groups is 2. The summed E-state index contributed by atoms with van der Waals surface area (Å²) in [6.45, 7) is 1.41. The van der Waals surface area contributed by atoms with Crippen LogP contribution in [0.4, 0.5) is 13.2 Å². The van der Waals surface area contributed by atoms with Crippen molar-refractivity contribution in [1.29, 1.82) is 0 Å². The van der Waals surface area contributed by atoms with Gasteiger partial charge in [-0.15, -0.1) is 0 Å². The maximum atomic E-state index is 12.7. The normalized spacial score (nSPS) is 12.1. The summed E-state index contributed by atoms with van der Waals surface area (Å²) < 4.78 is 43.1. The third kappa shape index (κ3) is 6.29. The van der Waals surface area contributed by atoms with Gasteiger partial charge in [0.2, 0.25) is 5.91 Å². The molecule has 0 bridgehead atoms. The summed E-state index contributed by atoms with van der Waals surface area (Å²) in [6, 6.07) is 13.4. The van der Waals surface area contributed by atoms with Crippen LogP contribution in [0, 0.1) is 0 Å². The fourth-order valence-corrected chi connectivity index (χ4v) is 2.59. The lowest BCUT2D eigenvalue weighted by Crippen LogP contribution is -2.45. The van der Waals surface area contributed by atoms with Crippen molar-refractivity contribution in [2.45, 2.75) is 31.9 Å². The van der Waals surface area contributed by atoms with Crippen molar-refractivity contribution in [3.8, 4) is 5.75 Å². The van der Waals surface area contributed by atoms with Gasteiger partial charge in [-0.2, -0.15) is 13.2 Å². The average molecular weight is 394 g/mol. The molecule has 5 nitrogen and oxygen atoms in total. The molecule has 2 N–H and O–H groups in total. The second kappa shape index (κ2) is 9.77. The van der Waals surface area contributed by atoms with Crippen molar-refractivity contribution in [2.24, 2.45) is 0 Å². The predicted octanol–water partition coefficient (Wildman–Crippen LogP) is 3.82. The minimum Gasteiger partial charge on any atom is -0.484 e. The Balaban J connectivity index is 1.87. The van der Waals surface area contributed by atoms with Gasteiger partial charge in [0.25, 0.3) is 5.91 Å². The highest BCUT2D eigenvalue weighted by Gasteiger charge is 2.30. The molecule has 0 fully saturated rings. The molecule has 0 saturated carbocycles. The molecule has 2 rings (SSSR count). The predicted molar refractivity (Wildman–Crippen MR) is 97.3 cm³/mol. The summed E-state index contributed by atoms with van der Waals surface area (Å²) >= 11 is 0. The first-order valence-corrected chi connectivity index (χ1v) is 8.75. The first-order valence-electron chi connectivity index (χ1n) is 8.75. The van der Waals surface area contributed by atoms with Gasteiger partial charge in [-0.3, -0.25) is 20.4 Å². The van der Waals surface area contributed by atoms with E-state index in [0.29, 0.717) is 6.42 Å². The molecule has 0 spiro atoms. The topological polar surface area (TPSA) is 67.4 Å². The number of rotatable bonds is 7. The maximum Gasteiger partial charge on any atom is 0.416 e. The fourth-order valence-electron chi connectivity index (χ4n) is 2.59. The average Bonchev–Trinajstić information content (AvgIpc) is 2.69. The molecular weight excluding hydrogens is 373 g/mol. The van der Waals surface area contributed by atoms with Gasteiger partial charge in [0.15, 0.2) is 6.61 Å². The van der Waals surface area contributed by atoms with Crippen LogP contribution in [-0.4, -0.2) is 18.4 Å². The van der Waals surface area contributed by atoms with Gasteiger partial charge in [-0.1, -0.05) is 49.7 Å². The standard InChI is InChI=1S/C20H21F3N2O3/c1-2-7-17(14-8-4-3-5-9-14)19(27)25-24-18(26)13-28-16-11-6-10-15(12-16)20(21,22)23/h3-6,8-12,17H,2,7,13H2,1H3,(H,24,26)(H,25,27). The molecule has 2 aromatic rings. The van der Waals surface area contributed by atoms with E-state index in [0.717, 1.165) is 24.1 Å². The highest BCUT2D eigenvalue weighted by molar-refractivity contribution is 5.86. The van der Waals surface area contributed by atoms with Crippen molar-refractivity contribution in [3.63, 3.8) is 0 Å². The summed E-state index contributed by atoms with van der Waals surface area (Å²) in [5.74, 6) is -1.57. The number of hydrogen-bond acceptors (Lipinski definition) is 3. The number of hydrogen-bond donors (Lipinski definition) is 2. The summed E-state index contributed by atoms with van der Waals surface area (Å²) in [6.07, 6.45) is -3.12. The Hall–Kier alpha value is -3.03. The molecule has 2 aromatic carbocycles. The molecule has 0 aliphatic heterocycles. The van der Waals surface area contributed by atoms with Crippen LogP contribution in [0.15, 0.2) is 54.6 Å². The molecule has 8 heteroatoms. The lowest BCUT2D eigenvalue weighted by atomic mass is 9.94. The lowest BCUT2D eigenvalue weighted by Gasteiger charge is -2.17. The van der Waals surface area contributed by atoms with E-state index in [2.05, 4.69) is 10.9 Å². The van der Waals surface area contributed by atoms with Crippen molar-refractivity contribution >= 4 is 11.8 Å². The maximum absolute atomic E-state index is 12.7. The zero-order chi connectivity index (χ0) is 20.6. The van der Waals surface area contributed by atoms with Crippen LogP contribution in [0.25, 0.3) is 0 Å². The zero-order valence-corrected chi connectivity index (χ0v) is 15.3. The first kappa shape index (κ1) is 21.3. The highest BCUT2D eigenvalue weighted by atomic mass is 19.4. The molecular formula is C20H21F3N2O3. The van der Waals surface area contributed by atoms with E-state index >= 15 is 0 Å². The second-order valence-corrected chi connectivity index (χ2v) is 6.10. The number of halogens is 3. The van der Waals surface area contributed by atoms with Gasteiger partial charge in [-0.05, 0) is 30.2 Å². The van der Waals surface area contributed by atoms with Gasteiger partial charge in [0.1, 0.15) is 5.75 Å². The van der Waals surface area contributed by atoms with Crippen LogP contribution < -0.4 is 15.6 Å². The molecule has 0 aliphatic carbocycles. The summed E-state index contributed by atoms with van der Waals surface area (Å²) in [4.78, 5) is 24.2. The van der Waals surface area contributed by atoms with E-state index in [9.17, 15) is 22.8 Å². The molecule has 1 unspecified atom stereocenters. The largest absolute Gasteiger partial charge is 0.484 e. The van der Waals surface area contributed by atoms with Gasteiger partial charge in [0, 0.05) is 0 Å². The molecule has 0 heterocycles. The lowest BCUT2D eigenvalue weighted by molar-refractivity contribution is -0.137.